The maximum absolute atomic E-state index is 12.3. The molecule has 0 bridgehead atoms. The van der Waals surface area contributed by atoms with Crippen molar-refractivity contribution in [3.63, 3.8) is 0 Å². The molecule has 1 aliphatic carbocycles. The highest BCUT2D eigenvalue weighted by Gasteiger charge is 2.24. The first kappa shape index (κ1) is 18.9. The van der Waals surface area contributed by atoms with Crippen molar-refractivity contribution in [3.8, 4) is 11.1 Å². The molecule has 1 amide bonds. The van der Waals surface area contributed by atoms with E-state index >= 15 is 0 Å². The van der Waals surface area contributed by atoms with Crippen LogP contribution in [0.15, 0.2) is 68.2 Å². The normalized spacial score (nSPS) is 11.7. The summed E-state index contributed by atoms with van der Waals surface area (Å²) in [6.45, 7) is 0. The van der Waals surface area contributed by atoms with Gasteiger partial charge in [0.25, 0.3) is 5.56 Å². The molecule has 0 atom stereocenters. The fourth-order valence-corrected chi connectivity index (χ4v) is 3.93. The Bertz CT molecular complexity index is 1230. The number of hydrazone groups is 1. The maximum Gasteiger partial charge on any atom is 0.346 e. The van der Waals surface area contributed by atoms with Gasteiger partial charge in [-0.25, -0.2) is 14.9 Å². The van der Waals surface area contributed by atoms with Gasteiger partial charge in [-0.05, 0) is 11.1 Å². The molecular weight excluding hydrogens is 390 g/mol. The molecule has 1 heterocycles. The lowest BCUT2D eigenvalue weighted by Crippen LogP contribution is -2.39. The number of fused-ring (bicyclic) bond motifs is 3. The number of nitrogens with one attached hydrogen (secondary N) is 1. The Labute approximate surface area is 169 Å². The predicted molar refractivity (Wildman–Crippen MR) is 111 cm³/mol. The molecule has 0 radical (unpaired) electrons. The number of hydrogen-bond donors (Lipinski definition) is 1. The number of nitrogens with zero attached hydrogens (tertiary/aromatic N) is 4. The lowest BCUT2D eigenvalue weighted by molar-refractivity contribution is -0.118. The van der Waals surface area contributed by atoms with E-state index < -0.39 is 11.2 Å². The van der Waals surface area contributed by atoms with Crippen molar-refractivity contribution in [1.82, 2.24) is 19.8 Å². The van der Waals surface area contributed by atoms with E-state index in [0.717, 1.165) is 43.3 Å². The van der Waals surface area contributed by atoms with Crippen LogP contribution < -0.4 is 16.7 Å². The van der Waals surface area contributed by atoms with Gasteiger partial charge in [-0.15, -0.1) is 0 Å². The minimum absolute atomic E-state index is 0.0550. The Morgan fingerprint density at radius 3 is 2.14 bits per heavy atom. The molecule has 146 valence electrons. The Hall–Kier alpha value is -3.46. The van der Waals surface area contributed by atoms with Crippen LogP contribution in [0.4, 0.5) is 0 Å². The van der Waals surface area contributed by atoms with Crippen molar-refractivity contribution in [2.45, 2.75) is 5.03 Å². The van der Waals surface area contributed by atoms with Crippen LogP contribution >= 0.6 is 11.8 Å². The molecule has 1 aliphatic rings. The van der Waals surface area contributed by atoms with Crippen LogP contribution in [0.1, 0.15) is 11.1 Å². The summed E-state index contributed by atoms with van der Waals surface area (Å²) in [5.41, 5.74) is 6.26. The van der Waals surface area contributed by atoms with Crippen LogP contribution in [0.3, 0.4) is 0 Å². The van der Waals surface area contributed by atoms with Crippen LogP contribution in [-0.4, -0.2) is 31.7 Å². The monoisotopic (exact) mass is 407 g/mol. The minimum Gasteiger partial charge on any atom is -0.272 e. The van der Waals surface area contributed by atoms with Gasteiger partial charge in [-0.2, -0.15) is 10.2 Å². The highest BCUT2D eigenvalue weighted by molar-refractivity contribution is 7.99. The van der Waals surface area contributed by atoms with E-state index in [1.807, 2.05) is 48.5 Å². The smallest absolute Gasteiger partial charge is 0.272 e. The summed E-state index contributed by atoms with van der Waals surface area (Å²) >= 11 is 0.960. The molecule has 2 aromatic carbocycles. The number of aromatic nitrogens is 3. The number of benzene rings is 2. The molecule has 0 fully saturated rings. The molecule has 0 unspecified atom stereocenters. The summed E-state index contributed by atoms with van der Waals surface area (Å²) in [6.07, 6.45) is 0. The second-order valence-electron chi connectivity index (χ2n) is 6.45. The van der Waals surface area contributed by atoms with E-state index in [4.69, 9.17) is 0 Å². The molecule has 1 N–H and O–H groups in total. The van der Waals surface area contributed by atoms with Crippen LogP contribution in [0.2, 0.25) is 0 Å². The molecule has 0 saturated heterocycles. The zero-order valence-electron chi connectivity index (χ0n) is 15.7. The molecular formula is C20H17N5O3S. The lowest BCUT2D eigenvalue weighted by Gasteiger charge is -2.05. The number of thioether (sulfide) groups is 1. The van der Waals surface area contributed by atoms with Gasteiger partial charge in [0.2, 0.25) is 5.91 Å². The first-order valence-corrected chi connectivity index (χ1v) is 9.79. The second kappa shape index (κ2) is 7.51. The molecule has 29 heavy (non-hydrogen) atoms. The Morgan fingerprint density at radius 1 is 1.00 bits per heavy atom. The largest absolute Gasteiger partial charge is 0.346 e. The quantitative estimate of drug-likeness (QED) is 0.404. The molecule has 0 aliphatic heterocycles. The predicted octanol–water partition coefficient (Wildman–Crippen LogP) is 1.12. The summed E-state index contributed by atoms with van der Waals surface area (Å²) in [7, 11) is 2.82. The maximum atomic E-state index is 12.3. The van der Waals surface area contributed by atoms with E-state index in [2.05, 4.69) is 15.6 Å². The summed E-state index contributed by atoms with van der Waals surface area (Å²) in [6, 6.07) is 15.8. The van der Waals surface area contributed by atoms with Gasteiger partial charge in [0.15, 0.2) is 5.03 Å². The molecule has 0 spiro atoms. The summed E-state index contributed by atoms with van der Waals surface area (Å²) < 4.78 is 2.02. The average molecular weight is 407 g/mol. The van der Waals surface area contributed by atoms with Crippen molar-refractivity contribution in [2.24, 2.45) is 19.2 Å². The van der Waals surface area contributed by atoms with Gasteiger partial charge in [0.1, 0.15) is 0 Å². The van der Waals surface area contributed by atoms with E-state index in [-0.39, 0.29) is 16.7 Å². The van der Waals surface area contributed by atoms with Gasteiger partial charge >= 0.3 is 5.69 Å². The van der Waals surface area contributed by atoms with Gasteiger partial charge in [-0.1, -0.05) is 60.3 Å². The standard InChI is InChI=1S/C20H17N5O3S/c1-24-19(27)18(23-25(2)20(24)28)29-11-16(26)21-22-17-14-9-5-3-7-12(14)13-8-4-6-10-15(13)17/h3-10H,11H2,1-2H3,(H,21,26). The molecule has 9 heteroatoms. The van der Waals surface area contributed by atoms with Crippen molar-refractivity contribution in [3.05, 3.63) is 80.5 Å². The van der Waals surface area contributed by atoms with Crippen LogP contribution in [-0.2, 0) is 18.9 Å². The number of carbonyl (C=O) groups excluding carboxylic acids is 1. The van der Waals surface area contributed by atoms with Gasteiger partial charge in [-0.3, -0.25) is 14.2 Å². The number of carbonyl (C=O) groups is 1. The third kappa shape index (κ3) is 3.40. The fourth-order valence-electron chi connectivity index (χ4n) is 3.16. The van der Waals surface area contributed by atoms with Crippen LogP contribution in [0.25, 0.3) is 11.1 Å². The molecule has 0 saturated carbocycles. The third-order valence-electron chi connectivity index (χ3n) is 4.58. The molecule has 1 aromatic heterocycles. The molecule has 8 nitrogen and oxygen atoms in total. The topological polar surface area (TPSA) is 98.3 Å². The third-order valence-corrected chi connectivity index (χ3v) is 5.52. The molecule has 3 aromatic rings. The number of hydrogen-bond acceptors (Lipinski definition) is 6. The highest BCUT2D eigenvalue weighted by atomic mass is 32.2. The van der Waals surface area contributed by atoms with Gasteiger partial charge in [0.05, 0.1) is 11.5 Å². The van der Waals surface area contributed by atoms with Crippen molar-refractivity contribution in [1.29, 1.82) is 0 Å². The van der Waals surface area contributed by atoms with Crippen molar-refractivity contribution in [2.75, 3.05) is 5.75 Å². The van der Waals surface area contributed by atoms with E-state index in [0.29, 0.717) is 5.71 Å². The Kier molecular flexibility index (Phi) is 4.89. The number of amides is 1. The molecule has 4 rings (SSSR count). The average Bonchev–Trinajstić information content (AvgIpc) is 3.06. The lowest BCUT2D eigenvalue weighted by atomic mass is 10.1. The van der Waals surface area contributed by atoms with Crippen molar-refractivity contribution < 1.29 is 4.79 Å². The van der Waals surface area contributed by atoms with Gasteiger partial charge in [0, 0.05) is 25.2 Å². The summed E-state index contributed by atoms with van der Waals surface area (Å²) in [4.78, 5) is 36.1. The fraction of sp³-hybridized carbons (Fsp3) is 0.150. The van der Waals surface area contributed by atoms with E-state index in [9.17, 15) is 14.4 Å². The second-order valence-corrected chi connectivity index (χ2v) is 7.41. The van der Waals surface area contributed by atoms with Crippen molar-refractivity contribution >= 4 is 23.4 Å². The Balaban J connectivity index is 1.53. The van der Waals surface area contributed by atoms with E-state index in [1.54, 1.807) is 0 Å². The zero-order valence-corrected chi connectivity index (χ0v) is 16.6. The van der Waals surface area contributed by atoms with Crippen LogP contribution in [0.5, 0.6) is 0 Å². The number of aryl methyl sites for hydroxylation is 1. The number of rotatable bonds is 4. The first-order valence-electron chi connectivity index (χ1n) is 8.80. The summed E-state index contributed by atoms with van der Waals surface area (Å²) in [5.74, 6) is -0.428. The van der Waals surface area contributed by atoms with Gasteiger partial charge < -0.3 is 0 Å². The minimum atomic E-state index is -0.532. The van der Waals surface area contributed by atoms with Crippen LogP contribution in [0, 0.1) is 0 Å². The zero-order chi connectivity index (χ0) is 20.5. The first-order chi connectivity index (χ1) is 14.0. The SMILES string of the molecule is Cn1nc(SCC(=O)NN=C2c3ccccc3-c3ccccc32)c(=O)n(C)c1=O. The Morgan fingerprint density at radius 2 is 1.55 bits per heavy atom. The summed E-state index contributed by atoms with van der Waals surface area (Å²) in [5, 5.41) is 8.33. The van der Waals surface area contributed by atoms with E-state index in [1.165, 1.54) is 14.1 Å². The highest BCUT2D eigenvalue weighted by Crippen LogP contribution is 2.36.